The fraction of sp³-hybridized carbons (Fsp3) is 0.143. The van der Waals surface area contributed by atoms with Crippen molar-refractivity contribution in [1.29, 1.82) is 0 Å². The second-order valence-corrected chi connectivity index (χ2v) is 4.78. The largest absolute Gasteiger partial charge is 0.488 e. The molecule has 0 amide bonds. The molecule has 0 aliphatic rings. The number of rotatable bonds is 4. The summed E-state index contributed by atoms with van der Waals surface area (Å²) in [5.41, 5.74) is 1.11. The minimum atomic E-state index is -0.374. The molecular weight excluding hydrogens is 290 g/mol. The van der Waals surface area contributed by atoms with Gasteiger partial charge in [-0.05, 0) is 36.4 Å². The van der Waals surface area contributed by atoms with E-state index in [4.69, 9.17) is 27.9 Å². The standard InChI is InChI=1S/C14H11Cl2FO2/c15-11-1-4-14(9(5-11)7-18)19-8-10-6-12(17)2-3-13(10)16/h1-6,18H,7-8H2. The molecule has 0 spiro atoms. The van der Waals surface area contributed by atoms with Crippen molar-refractivity contribution in [2.75, 3.05) is 0 Å². The second kappa shape index (κ2) is 6.24. The zero-order valence-electron chi connectivity index (χ0n) is 9.87. The molecule has 0 bridgehead atoms. The van der Waals surface area contributed by atoms with Gasteiger partial charge >= 0.3 is 0 Å². The van der Waals surface area contributed by atoms with Crippen LogP contribution in [0, 0.1) is 5.82 Å². The molecular formula is C14H11Cl2FO2. The van der Waals surface area contributed by atoms with E-state index < -0.39 is 0 Å². The average molecular weight is 301 g/mol. The summed E-state index contributed by atoms with van der Waals surface area (Å²) in [4.78, 5) is 0. The number of aliphatic hydroxyl groups is 1. The Labute approximate surface area is 120 Å². The van der Waals surface area contributed by atoms with Gasteiger partial charge in [0.05, 0.1) is 6.61 Å². The van der Waals surface area contributed by atoms with Gasteiger partial charge in [0.15, 0.2) is 0 Å². The van der Waals surface area contributed by atoms with Crippen LogP contribution in [0.2, 0.25) is 10.0 Å². The summed E-state index contributed by atoms with van der Waals surface area (Å²) in [6.07, 6.45) is 0. The molecule has 0 radical (unpaired) electrons. The lowest BCUT2D eigenvalue weighted by atomic mass is 10.2. The molecule has 19 heavy (non-hydrogen) atoms. The Kier molecular flexibility index (Phi) is 4.64. The summed E-state index contributed by atoms with van der Waals surface area (Å²) in [6, 6.07) is 9.00. The maximum absolute atomic E-state index is 13.1. The third-order valence-electron chi connectivity index (χ3n) is 2.58. The fourth-order valence-corrected chi connectivity index (χ4v) is 1.99. The second-order valence-electron chi connectivity index (χ2n) is 3.93. The highest BCUT2D eigenvalue weighted by atomic mass is 35.5. The Hall–Kier alpha value is -1.29. The van der Waals surface area contributed by atoms with Gasteiger partial charge < -0.3 is 9.84 Å². The van der Waals surface area contributed by atoms with Crippen molar-refractivity contribution < 1.29 is 14.2 Å². The van der Waals surface area contributed by atoms with Gasteiger partial charge in [-0.2, -0.15) is 0 Å². The number of hydrogen-bond acceptors (Lipinski definition) is 2. The van der Waals surface area contributed by atoms with E-state index in [1.54, 1.807) is 18.2 Å². The Balaban J connectivity index is 2.16. The number of hydrogen-bond donors (Lipinski definition) is 1. The molecule has 0 fully saturated rings. The number of ether oxygens (including phenoxy) is 1. The molecule has 2 nitrogen and oxygen atoms in total. The predicted octanol–water partition coefficient (Wildman–Crippen LogP) is 4.20. The Morgan fingerprint density at radius 3 is 2.58 bits per heavy atom. The van der Waals surface area contributed by atoms with E-state index in [2.05, 4.69) is 0 Å². The molecule has 0 saturated carbocycles. The molecule has 0 aliphatic carbocycles. The van der Waals surface area contributed by atoms with Crippen LogP contribution in [0.1, 0.15) is 11.1 Å². The van der Waals surface area contributed by atoms with Crippen LogP contribution in [0.15, 0.2) is 36.4 Å². The highest BCUT2D eigenvalue weighted by molar-refractivity contribution is 6.31. The number of halogens is 3. The first-order valence-electron chi connectivity index (χ1n) is 5.56. The smallest absolute Gasteiger partial charge is 0.125 e. The van der Waals surface area contributed by atoms with E-state index in [1.165, 1.54) is 18.2 Å². The lowest BCUT2D eigenvalue weighted by molar-refractivity contribution is 0.259. The molecule has 2 aromatic carbocycles. The van der Waals surface area contributed by atoms with Gasteiger partial charge in [-0.1, -0.05) is 23.2 Å². The Morgan fingerprint density at radius 2 is 1.84 bits per heavy atom. The summed E-state index contributed by atoms with van der Waals surface area (Å²) in [6.45, 7) is -0.0714. The van der Waals surface area contributed by atoms with Gasteiger partial charge in [0.1, 0.15) is 18.2 Å². The van der Waals surface area contributed by atoms with Crippen molar-refractivity contribution >= 4 is 23.2 Å². The molecule has 2 aromatic rings. The van der Waals surface area contributed by atoms with Crippen molar-refractivity contribution in [1.82, 2.24) is 0 Å². The summed E-state index contributed by atoms with van der Waals surface area (Å²) < 4.78 is 18.6. The van der Waals surface area contributed by atoms with Gasteiger partial charge in [-0.15, -0.1) is 0 Å². The van der Waals surface area contributed by atoms with Crippen LogP contribution in [0.5, 0.6) is 5.75 Å². The molecule has 5 heteroatoms. The van der Waals surface area contributed by atoms with Crippen molar-refractivity contribution in [2.45, 2.75) is 13.2 Å². The van der Waals surface area contributed by atoms with Crippen LogP contribution in [0.3, 0.4) is 0 Å². The Bertz CT molecular complexity index is 588. The Morgan fingerprint density at radius 1 is 1.05 bits per heavy atom. The van der Waals surface area contributed by atoms with Gasteiger partial charge in [0.2, 0.25) is 0 Å². The molecule has 0 saturated heterocycles. The summed E-state index contributed by atoms with van der Waals surface area (Å²) >= 11 is 11.8. The van der Waals surface area contributed by atoms with E-state index >= 15 is 0 Å². The van der Waals surface area contributed by atoms with Crippen molar-refractivity contribution in [3.05, 3.63) is 63.4 Å². The summed E-state index contributed by atoms with van der Waals surface area (Å²) in [5.74, 6) is 0.119. The molecule has 100 valence electrons. The SMILES string of the molecule is OCc1cc(Cl)ccc1OCc1cc(F)ccc1Cl. The van der Waals surface area contributed by atoms with Crippen LogP contribution in [-0.4, -0.2) is 5.11 Å². The van der Waals surface area contributed by atoms with Crippen molar-refractivity contribution in [2.24, 2.45) is 0 Å². The topological polar surface area (TPSA) is 29.5 Å². The van der Waals surface area contributed by atoms with Crippen molar-refractivity contribution in [3.8, 4) is 5.75 Å². The number of aliphatic hydroxyl groups excluding tert-OH is 1. The average Bonchev–Trinajstić information content (AvgIpc) is 2.40. The lowest BCUT2D eigenvalue weighted by Gasteiger charge is -2.11. The highest BCUT2D eigenvalue weighted by Gasteiger charge is 2.07. The van der Waals surface area contributed by atoms with Crippen molar-refractivity contribution in [3.63, 3.8) is 0 Å². The highest BCUT2D eigenvalue weighted by Crippen LogP contribution is 2.25. The monoisotopic (exact) mass is 300 g/mol. The van der Waals surface area contributed by atoms with E-state index in [-0.39, 0.29) is 19.0 Å². The predicted molar refractivity (Wildman–Crippen MR) is 73.1 cm³/mol. The number of benzene rings is 2. The molecule has 0 aliphatic heterocycles. The molecule has 0 heterocycles. The van der Waals surface area contributed by atoms with E-state index in [0.717, 1.165) is 0 Å². The van der Waals surface area contributed by atoms with Crippen LogP contribution in [-0.2, 0) is 13.2 Å². The molecule has 1 N–H and O–H groups in total. The van der Waals surface area contributed by atoms with Gasteiger partial charge in [0, 0.05) is 21.2 Å². The van der Waals surface area contributed by atoms with Gasteiger partial charge in [-0.25, -0.2) is 4.39 Å². The summed E-state index contributed by atoms with van der Waals surface area (Å²) in [7, 11) is 0. The van der Waals surface area contributed by atoms with Crippen LogP contribution < -0.4 is 4.74 Å². The molecule has 0 aromatic heterocycles. The quantitative estimate of drug-likeness (QED) is 0.917. The summed E-state index contributed by atoms with van der Waals surface area (Å²) in [5, 5.41) is 10.2. The maximum atomic E-state index is 13.1. The van der Waals surface area contributed by atoms with E-state index in [9.17, 15) is 9.50 Å². The minimum Gasteiger partial charge on any atom is -0.488 e. The van der Waals surface area contributed by atoms with Gasteiger partial charge in [0.25, 0.3) is 0 Å². The first-order valence-corrected chi connectivity index (χ1v) is 6.32. The third-order valence-corrected chi connectivity index (χ3v) is 3.19. The zero-order chi connectivity index (χ0) is 13.8. The van der Waals surface area contributed by atoms with Gasteiger partial charge in [-0.3, -0.25) is 0 Å². The lowest BCUT2D eigenvalue weighted by Crippen LogP contribution is -2.00. The normalized spacial score (nSPS) is 10.5. The fourth-order valence-electron chi connectivity index (χ4n) is 1.62. The van der Waals surface area contributed by atoms with Crippen LogP contribution in [0.25, 0.3) is 0 Å². The first-order chi connectivity index (χ1) is 9.10. The molecule has 2 rings (SSSR count). The third kappa shape index (κ3) is 3.60. The zero-order valence-corrected chi connectivity index (χ0v) is 11.4. The first kappa shape index (κ1) is 14.1. The molecule has 0 unspecified atom stereocenters. The van der Waals surface area contributed by atoms with E-state index in [1.807, 2.05) is 0 Å². The van der Waals surface area contributed by atoms with Crippen LogP contribution >= 0.6 is 23.2 Å². The minimum absolute atomic E-state index is 0.116. The van der Waals surface area contributed by atoms with E-state index in [0.29, 0.717) is 26.9 Å². The molecule has 0 atom stereocenters. The maximum Gasteiger partial charge on any atom is 0.125 e. The van der Waals surface area contributed by atoms with Crippen LogP contribution in [0.4, 0.5) is 4.39 Å².